The van der Waals surface area contributed by atoms with E-state index in [0.717, 1.165) is 6.08 Å². The summed E-state index contributed by atoms with van der Waals surface area (Å²) in [7, 11) is 2.47. The van der Waals surface area contributed by atoms with Crippen LogP contribution < -0.4 is 5.73 Å². The van der Waals surface area contributed by atoms with Crippen molar-refractivity contribution in [2.45, 2.75) is 0 Å². The number of ether oxygens (including phenoxy) is 2. The van der Waals surface area contributed by atoms with E-state index in [-0.39, 0.29) is 5.57 Å². The third-order valence-electron chi connectivity index (χ3n) is 2.09. The summed E-state index contributed by atoms with van der Waals surface area (Å²) in [5.74, 6) is -1.23. The van der Waals surface area contributed by atoms with Crippen molar-refractivity contribution in [1.82, 2.24) is 0 Å². The van der Waals surface area contributed by atoms with Gasteiger partial charge in [0.25, 0.3) is 0 Å². The highest BCUT2D eigenvalue weighted by atomic mass is 16.5. The molecule has 1 aromatic carbocycles. The molecular formula is C12H13NO4. The number of hydrogen-bond acceptors (Lipinski definition) is 5. The van der Waals surface area contributed by atoms with Gasteiger partial charge in [-0.05, 0) is 17.7 Å². The highest BCUT2D eigenvalue weighted by Gasteiger charge is 2.14. The van der Waals surface area contributed by atoms with Crippen molar-refractivity contribution in [2.75, 3.05) is 20.0 Å². The third kappa shape index (κ3) is 3.34. The maximum Gasteiger partial charge on any atom is 0.338 e. The van der Waals surface area contributed by atoms with Crippen molar-refractivity contribution in [3.8, 4) is 0 Å². The van der Waals surface area contributed by atoms with E-state index in [0.29, 0.717) is 11.3 Å². The Hall–Kier alpha value is -2.30. The zero-order valence-corrected chi connectivity index (χ0v) is 9.60. The highest BCUT2D eigenvalue weighted by Crippen LogP contribution is 2.17. The van der Waals surface area contributed by atoms with Gasteiger partial charge in [0.15, 0.2) is 0 Å². The van der Waals surface area contributed by atoms with Crippen LogP contribution in [-0.2, 0) is 19.1 Å². The van der Waals surface area contributed by atoms with Crippen LogP contribution in [0.15, 0.2) is 30.3 Å². The quantitative estimate of drug-likeness (QED) is 0.480. The Kier molecular flexibility index (Phi) is 4.28. The Morgan fingerprint density at radius 1 is 1.12 bits per heavy atom. The normalized spacial score (nSPS) is 10.8. The van der Waals surface area contributed by atoms with Crippen LogP contribution in [0, 0.1) is 0 Å². The number of esters is 2. The van der Waals surface area contributed by atoms with Crippen molar-refractivity contribution in [1.29, 1.82) is 0 Å². The first-order valence-corrected chi connectivity index (χ1v) is 4.82. The van der Waals surface area contributed by atoms with Crippen LogP contribution in [0.3, 0.4) is 0 Å². The Morgan fingerprint density at radius 2 is 1.71 bits per heavy atom. The molecule has 1 rings (SSSR count). The van der Waals surface area contributed by atoms with Crippen LogP contribution >= 0.6 is 0 Å². The van der Waals surface area contributed by atoms with Gasteiger partial charge >= 0.3 is 11.9 Å². The van der Waals surface area contributed by atoms with Crippen molar-refractivity contribution in [2.24, 2.45) is 0 Å². The number of nitrogens with two attached hydrogens (primary N) is 1. The molecule has 0 spiro atoms. The summed E-state index contributed by atoms with van der Waals surface area (Å²) in [5, 5.41) is 0. The third-order valence-corrected chi connectivity index (χ3v) is 2.09. The van der Waals surface area contributed by atoms with Gasteiger partial charge in [0.05, 0.1) is 19.8 Å². The molecule has 1 aromatic rings. The lowest BCUT2D eigenvalue weighted by Gasteiger charge is -2.05. The van der Waals surface area contributed by atoms with E-state index in [4.69, 9.17) is 5.73 Å². The van der Waals surface area contributed by atoms with Crippen molar-refractivity contribution in [3.05, 3.63) is 35.9 Å². The van der Waals surface area contributed by atoms with Gasteiger partial charge < -0.3 is 15.2 Å². The molecular weight excluding hydrogens is 222 g/mol. The summed E-state index contributed by atoms with van der Waals surface area (Å²) >= 11 is 0. The number of rotatable bonds is 3. The lowest BCUT2D eigenvalue weighted by atomic mass is 10.1. The van der Waals surface area contributed by atoms with Crippen LogP contribution in [0.2, 0.25) is 0 Å². The second-order valence-electron chi connectivity index (χ2n) is 3.19. The Balaban J connectivity index is 3.15. The molecule has 0 radical (unpaired) electrons. The van der Waals surface area contributed by atoms with Gasteiger partial charge in [0.2, 0.25) is 0 Å². The molecule has 0 fully saturated rings. The first-order chi connectivity index (χ1) is 8.08. The number of anilines is 1. The van der Waals surface area contributed by atoms with Crippen LogP contribution in [0.25, 0.3) is 5.57 Å². The average Bonchev–Trinajstić information content (AvgIpc) is 2.36. The van der Waals surface area contributed by atoms with E-state index in [2.05, 4.69) is 9.47 Å². The lowest BCUT2D eigenvalue weighted by molar-refractivity contribution is -0.136. The smallest absolute Gasteiger partial charge is 0.338 e. The summed E-state index contributed by atoms with van der Waals surface area (Å²) in [5.41, 5.74) is 6.76. The molecule has 17 heavy (non-hydrogen) atoms. The topological polar surface area (TPSA) is 78.6 Å². The van der Waals surface area contributed by atoms with Gasteiger partial charge in [0.1, 0.15) is 0 Å². The number of hydrogen-bond donors (Lipinski definition) is 1. The number of carbonyl (C=O) groups is 2. The van der Waals surface area contributed by atoms with Crippen molar-refractivity contribution < 1.29 is 19.1 Å². The fraction of sp³-hybridized carbons (Fsp3) is 0.167. The summed E-state index contributed by atoms with van der Waals surface area (Å²) in [6.45, 7) is 0. The van der Waals surface area contributed by atoms with Gasteiger partial charge in [-0.3, -0.25) is 0 Å². The molecule has 90 valence electrons. The first-order valence-electron chi connectivity index (χ1n) is 4.82. The minimum absolute atomic E-state index is 0.124. The van der Waals surface area contributed by atoms with Crippen LogP contribution in [0.4, 0.5) is 5.69 Å². The second kappa shape index (κ2) is 5.69. The van der Waals surface area contributed by atoms with Gasteiger partial charge in [-0.2, -0.15) is 0 Å². The standard InChI is InChI=1S/C12H13NO4/c1-16-11(14)7-10(12(15)17-2)8-3-5-9(13)6-4-8/h3-7H,13H2,1-2H3/b10-7-. The van der Waals surface area contributed by atoms with Gasteiger partial charge in [-0.25, -0.2) is 9.59 Å². The largest absolute Gasteiger partial charge is 0.466 e. The lowest BCUT2D eigenvalue weighted by Crippen LogP contribution is -2.07. The van der Waals surface area contributed by atoms with Crippen molar-refractivity contribution in [3.63, 3.8) is 0 Å². The van der Waals surface area contributed by atoms with E-state index >= 15 is 0 Å². The van der Waals surface area contributed by atoms with Gasteiger partial charge in [-0.1, -0.05) is 12.1 Å². The molecule has 0 aliphatic carbocycles. The molecule has 0 atom stereocenters. The Labute approximate surface area is 98.8 Å². The molecule has 0 amide bonds. The number of carbonyl (C=O) groups excluding carboxylic acids is 2. The molecule has 0 bridgehead atoms. The average molecular weight is 235 g/mol. The van der Waals surface area contributed by atoms with Crippen LogP contribution in [0.5, 0.6) is 0 Å². The molecule has 5 heteroatoms. The minimum atomic E-state index is -0.623. The highest BCUT2D eigenvalue weighted by molar-refractivity contribution is 6.20. The first kappa shape index (κ1) is 12.8. The summed E-state index contributed by atoms with van der Waals surface area (Å²) in [6, 6.07) is 6.51. The fourth-order valence-electron chi connectivity index (χ4n) is 1.21. The van der Waals surface area contributed by atoms with Crippen LogP contribution in [-0.4, -0.2) is 26.2 Å². The molecule has 0 saturated carbocycles. The molecule has 5 nitrogen and oxygen atoms in total. The van der Waals surface area contributed by atoms with E-state index in [1.807, 2.05) is 0 Å². The zero-order valence-electron chi connectivity index (χ0n) is 9.60. The number of methoxy groups -OCH3 is 2. The summed E-state index contributed by atoms with van der Waals surface area (Å²) in [6.07, 6.45) is 1.08. The second-order valence-corrected chi connectivity index (χ2v) is 3.19. The number of benzene rings is 1. The predicted molar refractivity (Wildman–Crippen MR) is 62.9 cm³/mol. The zero-order chi connectivity index (χ0) is 12.8. The van der Waals surface area contributed by atoms with E-state index < -0.39 is 11.9 Å². The summed E-state index contributed by atoms with van der Waals surface area (Å²) in [4.78, 5) is 22.7. The van der Waals surface area contributed by atoms with Gasteiger partial charge in [-0.15, -0.1) is 0 Å². The maximum atomic E-state index is 11.5. The minimum Gasteiger partial charge on any atom is -0.466 e. The SMILES string of the molecule is COC(=O)/C=C(\C(=O)OC)c1ccc(N)cc1. The molecule has 0 unspecified atom stereocenters. The Morgan fingerprint density at radius 3 is 2.18 bits per heavy atom. The van der Waals surface area contributed by atoms with Gasteiger partial charge in [0, 0.05) is 11.8 Å². The van der Waals surface area contributed by atoms with E-state index in [1.54, 1.807) is 24.3 Å². The van der Waals surface area contributed by atoms with Crippen LogP contribution in [0.1, 0.15) is 5.56 Å². The monoisotopic (exact) mass is 235 g/mol. The molecule has 0 aliphatic rings. The molecule has 0 saturated heterocycles. The number of nitrogen functional groups attached to an aromatic ring is 1. The molecule has 0 aromatic heterocycles. The molecule has 2 N–H and O–H groups in total. The molecule has 0 aliphatic heterocycles. The molecule has 0 heterocycles. The Bertz CT molecular complexity index is 448. The fourth-order valence-corrected chi connectivity index (χ4v) is 1.21. The maximum absolute atomic E-state index is 11.5. The van der Waals surface area contributed by atoms with Crippen molar-refractivity contribution >= 4 is 23.2 Å². The van der Waals surface area contributed by atoms with E-state index in [1.165, 1.54) is 14.2 Å². The van der Waals surface area contributed by atoms with E-state index in [9.17, 15) is 9.59 Å². The predicted octanol–water partition coefficient (Wildman–Crippen LogP) is 0.998. The summed E-state index contributed by atoms with van der Waals surface area (Å²) < 4.78 is 9.07.